The molecule has 1 aromatic heterocycles. The maximum Gasteiger partial charge on any atom is 0.355 e. The van der Waals surface area contributed by atoms with Crippen LogP contribution in [0.4, 0.5) is 0 Å². The standard InChI is InChI=1S/C16H25N3O4/c1-4-22-16(21)14-10(2)13(11(3)18-14)15(20)19-7-8-23-12(9-19)5-6-17/h12,18H,4-9,17H2,1-3H3. The average molecular weight is 323 g/mol. The van der Waals surface area contributed by atoms with E-state index in [-0.39, 0.29) is 12.0 Å². The zero-order chi connectivity index (χ0) is 17.0. The SMILES string of the molecule is CCOC(=O)c1[nH]c(C)c(C(=O)N2CCOC(CCN)C2)c1C. The molecule has 23 heavy (non-hydrogen) atoms. The molecule has 1 amide bonds. The summed E-state index contributed by atoms with van der Waals surface area (Å²) in [5.41, 5.74) is 7.77. The molecule has 128 valence electrons. The molecule has 1 unspecified atom stereocenters. The Morgan fingerprint density at radius 2 is 2.17 bits per heavy atom. The Balaban J connectivity index is 2.20. The van der Waals surface area contributed by atoms with E-state index >= 15 is 0 Å². The summed E-state index contributed by atoms with van der Waals surface area (Å²) in [5, 5.41) is 0. The number of nitrogens with two attached hydrogens (primary N) is 1. The predicted molar refractivity (Wildman–Crippen MR) is 85.5 cm³/mol. The number of carbonyl (C=O) groups excluding carboxylic acids is 2. The highest BCUT2D eigenvalue weighted by molar-refractivity contribution is 6.01. The summed E-state index contributed by atoms with van der Waals surface area (Å²) < 4.78 is 10.6. The second-order valence-corrected chi connectivity index (χ2v) is 5.67. The lowest BCUT2D eigenvalue weighted by atomic mass is 10.1. The molecule has 1 aliphatic heterocycles. The van der Waals surface area contributed by atoms with Gasteiger partial charge in [-0.25, -0.2) is 4.79 Å². The summed E-state index contributed by atoms with van der Waals surface area (Å²) in [7, 11) is 0. The number of hydrogen-bond donors (Lipinski definition) is 2. The van der Waals surface area contributed by atoms with Crippen molar-refractivity contribution in [3.8, 4) is 0 Å². The first-order valence-electron chi connectivity index (χ1n) is 7.96. The maximum atomic E-state index is 12.9. The van der Waals surface area contributed by atoms with Gasteiger partial charge < -0.3 is 25.1 Å². The number of rotatable bonds is 5. The zero-order valence-electron chi connectivity index (χ0n) is 14.0. The van der Waals surface area contributed by atoms with E-state index in [2.05, 4.69) is 4.98 Å². The van der Waals surface area contributed by atoms with Gasteiger partial charge in [0.25, 0.3) is 5.91 Å². The molecule has 0 radical (unpaired) electrons. The first-order valence-corrected chi connectivity index (χ1v) is 7.96. The number of ether oxygens (including phenoxy) is 2. The van der Waals surface area contributed by atoms with Crippen molar-refractivity contribution in [1.29, 1.82) is 0 Å². The van der Waals surface area contributed by atoms with Gasteiger partial charge in [0, 0.05) is 18.8 Å². The maximum absolute atomic E-state index is 12.9. The molecule has 3 N–H and O–H groups in total. The fourth-order valence-electron chi connectivity index (χ4n) is 2.90. The lowest BCUT2D eigenvalue weighted by molar-refractivity contribution is -0.0236. The largest absolute Gasteiger partial charge is 0.461 e. The van der Waals surface area contributed by atoms with E-state index in [0.717, 1.165) is 6.42 Å². The van der Waals surface area contributed by atoms with Crippen molar-refractivity contribution in [3.05, 3.63) is 22.5 Å². The van der Waals surface area contributed by atoms with Gasteiger partial charge in [-0.15, -0.1) is 0 Å². The van der Waals surface area contributed by atoms with Crippen molar-refractivity contribution < 1.29 is 19.1 Å². The second kappa shape index (κ2) is 7.61. The minimum Gasteiger partial charge on any atom is -0.461 e. The zero-order valence-corrected chi connectivity index (χ0v) is 14.0. The molecular formula is C16H25N3O4. The minimum atomic E-state index is -0.435. The van der Waals surface area contributed by atoms with E-state index in [1.165, 1.54) is 0 Å². The number of amides is 1. The summed E-state index contributed by atoms with van der Waals surface area (Å²) in [6, 6.07) is 0. The Kier molecular flexibility index (Phi) is 5.79. The number of aromatic nitrogens is 1. The lowest BCUT2D eigenvalue weighted by Crippen LogP contribution is -2.46. The number of H-pyrrole nitrogens is 1. The topological polar surface area (TPSA) is 97.7 Å². The van der Waals surface area contributed by atoms with Gasteiger partial charge in [-0.05, 0) is 39.3 Å². The first kappa shape index (κ1) is 17.5. The molecule has 2 rings (SSSR count). The van der Waals surface area contributed by atoms with Gasteiger partial charge in [-0.1, -0.05) is 0 Å². The van der Waals surface area contributed by atoms with Crippen LogP contribution in [0.3, 0.4) is 0 Å². The third kappa shape index (κ3) is 3.73. The van der Waals surface area contributed by atoms with Gasteiger partial charge in [0.15, 0.2) is 0 Å². The summed E-state index contributed by atoms with van der Waals surface area (Å²) in [6.07, 6.45) is 0.699. The number of aromatic amines is 1. The van der Waals surface area contributed by atoms with Crippen LogP contribution >= 0.6 is 0 Å². The normalized spacial score (nSPS) is 18.1. The van der Waals surface area contributed by atoms with E-state index in [4.69, 9.17) is 15.2 Å². The molecule has 0 spiro atoms. The number of nitrogens with zero attached hydrogens (tertiary/aromatic N) is 1. The van der Waals surface area contributed by atoms with Gasteiger partial charge in [0.1, 0.15) is 5.69 Å². The fourth-order valence-corrected chi connectivity index (χ4v) is 2.90. The average Bonchev–Trinajstić information content (AvgIpc) is 2.82. The van der Waals surface area contributed by atoms with Crippen LogP contribution < -0.4 is 5.73 Å². The molecule has 1 atom stereocenters. The van der Waals surface area contributed by atoms with Crippen LogP contribution in [0.2, 0.25) is 0 Å². The van der Waals surface area contributed by atoms with Crippen molar-refractivity contribution >= 4 is 11.9 Å². The molecular weight excluding hydrogens is 298 g/mol. The Bertz CT molecular complexity index is 580. The van der Waals surface area contributed by atoms with Crippen LogP contribution in [0.1, 0.15) is 45.4 Å². The van der Waals surface area contributed by atoms with Gasteiger partial charge in [-0.2, -0.15) is 0 Å². The van der Waals surface area contributed by atoms with Crippen molar-refractivity contribution in [1.82, 2.24) is 9.88 Å². The summed E-state index contributed by atoms with van der Waals surface area (Å²) in [5.74, 6) is -0.521. The number of esters is 1. The number of nitrogens with one attached hydrogen (secondary N) is 1. The van der Waals surface area contributed by atoms with Crippen molar-refractivity contribution in [3.63, 3.8) is 0 Å². The van der Waals surface area contributed by atoms with Crippen LogP contribution in [0.15, 0.2) is 0 Å². The van der Waals surface area contributed by atoms with E-state index < -0.39 is 5.97 Å². The highest BCUT2D eigenvalue weighted by Gasteiger charge is 2.29. The molecule has 0 aromatic carbocycles. The van der Waals surface area contributed by atoms with Gasteiger partial charge in [0.2, 0.25) is 0 Å². The third-order valence-electron chi connectivity index (χ3n) is 4.05. The monoisotopic (exact) mass is 323 g/mol. The predicted octanol–water partition coefficient (Wildman–Crippen LogP) is 0.998. The van der Waals surface area contributed by atoms with Crippen LogP contribution in [0.25, 0.3) is 0 Å². The molecule has 7 heteroatoms. The van der Waals surface area contributed by atoms with E-state index in [9.17, 15) is 9.59 Å². The highest BCUT2D eigenvalue weighted by atomic mass is 16.5. The van der Waals surface area contributed by atoms with E-state index in [1.807, 2.05) is 0 Å². The summed E-state index contributed by atoms with van der Waals surface area (Å²) in [4.78, 5) is 29.6. The fraction of sp³-hybridized carbons (Fsp3) is 0.625. The van der Waals surface area contributed by atoms with Gasteiger partial charge in [0.05, 0.1) is 24.9 Å². The first-order chi connectivity index (χ1) is 11.0. The van der Waals surface area contributed by atoms with E-state index in [1.54, 1.807) is 25.7 Å². The number of aryl methyl sites for hydroxylation is 1. The smallest absolute Gasteiger partial charge is 0.355 e. The quantitative estimate of drug-likeness (QED) is 0.788. The Labute approximate surface area is 136 Å². The highest BCUT2D eigenvalue weighted by Crippen LogP contribution is 2.22. The van der Waals surface area contributed by atoms with Crippen molar-refractivity contribution in [2.45, 2.75) is 33.3 Å². The molecule has 0 bridgehead atoms. The number of morpholine rings is 1. The minimum absolute atomic E-state index is 0.0261. The molecule has 1 saturated heterocycles. The second-order valence-electron chi connectivity index (χ2n) is 5.67. The lowest BCUT2D eigenvalue weighted by Gasteiger charge is -2.33. The number of hydrogen-bond acceptors (Lipinski definition) is 5. The molecule has 7 nitrogen and oxygen atoms in total. The molecule has 2 heterocycles. The van der Waals surface area contributed by atoms with Gasteiger partial charge >= 0.3 is 5.97 Å². The molecule has 0 aliphatic carbocycles. The van der Waals surface area contributed by atoms with Gasteiger partial charge in [-0.3, -0.25) is 4.79 Å². The number of carbonyl (C=O) groups is 2. The molecule has 1 aliphatic rings. The van der Waals surface area contributed by atoms with Crippen LogP contribution in [0.5, 0.6) is 0 Å². The van der Waals surface area contributed by atoms with Crippen LogP contribution in [-0.4, -0.2) is 60.7 Å². The third-order valence-corrected chi connectivity index (χ3v) is 4.05. The van der Waals surface area contributed by atoms with Crippen molar-refractivity contribution in [2.75, 3.05) is 32.8 Å². The Hall–Kier alpha value is -1.86. The molecule has 0 saturated carbocycles. The van der Waals surface area contributed by atoms with Crippen molar-refractivity contribution in [2.24, 2.45) is 5.73 Å². The van der Waals surface area contributed by atoms with Crippen LogP contribution in [-0.2, 0) is 9.47 Å². The summed E-state index contributed by atoms with van der Waals surface area (Å²) in [6.45, 7) is 7.70. The Morgan fingerprint density at radius 3 is 2.83 bits per heavy atom. The summed E-state index contributed by atoms with van der Waals surface area (Å²) >= 11 is 0. The molecule has 1 aromatic rings. The molecule has 1 fully saturated rings. The Morgan fingerprint density at radius 1 is 1.43 bits per heavy atom. The van der Waals surface area contributed by atoms with Crippen LogP contribution in [0, 0.1) is 13.8 Å². The van der Waals surface area contributed by atoms with E-state index in [0.29, 0.717) is 55.4 Å².